The molecule has 1 aliphatic carbocycles. The van der Waals surface area contributed by atoms with Crippen LogP contribution in [-0.4, -0.2) is 16.3 Å². The number of nitrogens with zero attached hydrogens (tertiary/aromatic N) is 2. The zero-order chi connectivity index (χ0) is 10.3. The van der Waals surface area contributed by atoms with Crippen LogP contribution in [0.15, 0.2) is 0 Å². The molecule has 0 amide bonds. The second-order valence-corrected chi connectivity index (χ2v) is 4.85. The van der Waals surface area contributed by atoms with Crippen LogP contribution in [-0.2, 0) is 13.5 Å². The first-order valence-corrected chi connectivity index (χ1v) is 6.16. The molecule has 0 saturated heterocycles. The van der Waals surface area contributed by atoms with Gasteiger partial charge in [-0.05, 0) is 32.1 Å². The maximum Gasteiger partial charge on any atom is 0.127 e. The summed E-state index contributed by atoms with van der Waals surface area (Å²) in [6.45, 7) is 1.11. The summed E-state index contributed by atoms with van der Waals surface area (Å²) in [5.74, 6) is 2.05. The molecule has 3 nitrogen and oxygen atoms in total. The molecule has 0 unspecified atom stereocenters. The lowest BCUT2D eigenvalue weighted by atomic mass is 9.81. The van der Waals surface area contributed by atoms with E-state index >= 15 is 0 Å². The van der Waals surface area contributed by atoms with Crippen molar-refractivity contribution in [2.75, 3.05) is 11.9 Å². The Hall–Kier alpha value is -0.990. The summed E-state index contributed by atoms with van der Waals surface area (Å²) in [5.41, 5.74) is 2.91. The van der Waals surface area contributed by atoms with Gasteiger partial charge in [0.25, 0.3) is 0 Å². The van der Waals surface area contributed by atoms with Gasteiger partial charge in [0, 0.05) is 25.1 Å². The number of nitrogens with one attached hydrogen (secondary N) is 1. The lowest BCUT2D eigenvalue weighted by molar-refractivity contribution is 0.405. The second kappa shape index (κ2) is 3.54. The van der Waals surface area contributed by atoms with Gasteiger partial charge in [-0.1, -0.05) is 6.42 Å². The van der Waals surface area contributed by atoms with Gasteiger partial charge >= 0.3 is 0 Å². The molecule has 1 fully saturated rings. The van der Waals surface area contributed by atoms with E-state index in [-0.39, 0.29) is 0 Å². The van der Waals surface area contributed by atoms with Gasteiger partial charge in [0.1, 0.15) is 5.82 Å². The van der Waals surface area contributed by atoms with Crippen LogP contribution in [0.5, 0.6) is 0 Å². The Morgan fingerprint density at radius 1 is 1.27 bits per heavy atom. The molecular weight excluding hydrogens is 186 g/mol. The molecule has 0 spiro atoms. The monoisotopic (exact) mass is 205 g/mol. The van der Waals surface area contributed by atoms with Gasteiger partial charge in [-0.25, -0.2) is 0 Å². The van der Waals surface area contributed by atoms with Crippen LogP contribution in [0.4, 0.5) is 5.82 Å². The highest BCUT2D eigenvalue weighted by Gasteiger charge is 2.28. The van der Waals surface area contributed by atoms with E-state index in [0.717, 1.165) is 12.5 Å². The summed E-state index contributed by atoms with van der Waals surface area (Å²) in [7, 11) is 2.07. The van der Waals surface area contributed by atoms with Crippen molar-refractivity contribution in [3.63, 3.8) is 0 Å². The van der Waals surface area contributed by atoms with Crippen molar-refractivity contribution in [3.05, 3.63) is 11.3 Å². The molecule has 0 atom stereocenters. The first kappa shape index (κ1) is 9.25. The average molecular weight is 205 g/mol. The van der Waals surface area contributed by atoms with Crippen LogP contribution in [0.3, 0.4) is 0 Å². The first-order chi connectivity index (χ1) is 7.36. The summed E-state index contributed by atoms with van der Waals surface area (Å²) >= 11 is 0. The summed E-state index contributed by atoms with van der Waals surface area (Å²) in [4.78, 5) is 0. The van der Waals surface area contributed by atoms with Gasteiger partial charge in [0.15, 0.2) is 0 Å². The Bertz CT molecular complexity index is 363. The Kier molecular flexibility index (Phi) is 2.19. The van der Waals surface area contributed by atoms with Crippen molar-refractivity contribution < 1.29 is 0 Å². The van der Waals surface area contributed by atoms with Gasteiger partial charge in [0.2, 0.25) is 0 Å². The fourth-order valence-electron chi connectivity index (χ4n) is 2.70. The third kappa shape index (κ3) is 1.45. The maximum atomic E-state index is 4.71. The van der Waals surface area contributed by atoms with E-state index in [0.29, 0.717) is 0 Å². The van der Waals surface area contributed by atoms with Gasteiger partial charge < -0.3 is 5.32 Å². The van der Waals surface area contributed by atoms with Crippen molar-refractivity contribution in [3.8, 4) is 0 Å². The molecule has 1 aliphatic heterocycles. The highest BCUT2D eigenvalue weighted by molar-refractivity contribution is 5.50. The molecular formula is C12H19N3. The predicted octanol–water partition coefficient (Wildman–Crippen LogP) is 2.44. The van der Waals surface area contributed by atoms with Gasteiger partial charge in [-0.2, -0.15) is 5.10 Å². The van der Waals surface area contributed by atoms with Crippen molar-refractivity contribution in [1.82, 2.24) is 9.78 Å². The lowest BCUT2D eigenvalue weighted by Crippen LogP contribution is -2.11. The van der Waals surface area contributed by atoms with Crippen LogP contribution in [0, 0.1) is 0 Å². The minimum absolute atomic E-state index is 0.764. The highest BCUT2D eigenvalue weighted by atomic mass is 15.3. The van der Waals surface area contributed by atoms with Crippen molar-refractivity contribution in [2.24, 2.45) is 7.05 Å². The van der Waals surface area contributed by atoms with Crippen molar-refractivity contribution in [1.29, 1.82) is 0 Å². The Morgan fingerprint density at radius 2 is 2.13 bits per heavy atom. The molecule has 1 N–H and O–H groups in total. The number of aryl methyl sites for hydroxylation is 1. The van der Waals surface area contributed by atoms with Gasteiger partial charge in [0.05, 0.1) is 5.69 Å². The van der Waals surface area contributed by atoms with E-state index < -0.39 is 0 Å². The van der Waals surface area contributed by atoms with Crippen LogP contribution in [0.2, 0.25) is 0 Å². The molecule has 2 heterocycles. The average Bonchev–Trinajstić information content (AvgIpc) is 2.39. The molecule has 82 valence electrons. The smallest absolute Gasteiger partial charge is 0.127 e. The molecule has 0 bridgehead atoms. The van der Waals surface area contributed by atoms with E-state index in [1.165, 1.54) is 55.6 Å². The van der Waals surface area contributed by atoms with E-state index in [9.17, 15) is 0 Å². The number of hydrogen-bond donors (Lipinski definition) is 1. The summed E-state index contributed by atoms with van der Waals surface area (Å²) in [6.07, 6.45) is 7.92. The van der Waals surface area contributed by atoms with E-state index in [1.807, 2.05) is 4.68 Å². The number of fused-ring (bicyclic) bond motifs is 1. The van der Waals surface area contributed by atoms with Crippen molar-refractivity contribution in [2.45, 2.75) is 44.4 Å². The standard InChI is InChI=1S/C12H19N3/c1-15-12-10(7-2-3-8-13-12)11(14-15)9-5-4-6-9/h9,13H,2-8H2,1H3. The molecule has 1 aromatic rings. The van der Waals surface area contributed by atoms with Crippen LogP contribution < -0.4 is 5.32 Å². The topological polar surface area (TPSA) is 29.9 Å². The molecule has 3 heteroatoms. The molecule has 1 aromatic heterocycles. The highest BCUT2D eigenvalue weighted by Crippen LogP contribution is 2.40. The SMILES string of the molecule is Cn1nc(C2CCC2)c2c1NCCCC2. The normalized spacial score (nSPS) is 21.4. The lowest BCUT2D eigenvalue weighted by Gasteiger charge is -2.24. The van der Waals surface area contributed by atoms with Gasteiger partial charge in [-0.15, -0.1) is 0 Å². The molecule has 0 radical (unpaired) electrons. The summed E-state index contributed by atoms with van der Waals surface area (Å²) < 4.78 is 2.05. The van der Waals surface area contributed by atoms with E-state index in [1.54, 1.807) is 0 Å². The fourth-order valence-corrected chi connectivity index (χ4v) is 2.70. The number of anilines is 1. The maximum absolute atomic E-state index is 4.71. The Labute approximate surface area is 90.9 Å². The second-order valence-electron chi connectivity index (χ2n) is 4.85. The molecule has 3 rings (SSSR count). The summed E-state index contributed by atoms with van der Waals surface area (Å²) in [6, 6.07) is 0. The minimum atomic E-state index is 0.764. The number of aromatic nitrogens is 2. The van der Waals surface area contributed by atoms with E-state index in [2.05, 4.69) is 12.4 Å². The largest absolute Gasteiger partial charge is 0.370 e. The van der Waals surface area contributed by atoms with Gasteiger partial charge in [-0.3, -0.25) is 4.68 Å². The third-order valence-electron chi connectivity index (χ3n) is 3.81. The minimum Gasteiger partial charge on any atom is -0.370 e. The predicted molar refractivity (Wildman–Crippen MR) is 61.2 cm³/mol. The molecule has 15 heavy (non-hydrogen) atoms. The number of hydrogen-bond acceptors (Lipinski definition) is 2. The van der Waals surface area contributed by atoms with Crippen molar-refractivity contribution >= 4 is 5.82 Å². The summed E-state index contributed by atoms with van der Waals surface area (Å²) in [5, 5.41) is 8.23. The molecule has 1 saturated carbocycles. The number of rotatable bonds is 1. The Balaban J connectivity index is 1.99. The molecule has 0 aromatic carbocycles. The third-order valence-corrected chi connectivity index (χ3v) is 3.81. The van der Waals surface area contributed by atoms with Crippen LogP contribution in [0.1, 0.15) is 49.3 Å². The first-order valence-electron chi connectivity index (χ1n) is 6.16. The molecule has 2 aliphatic rings. The Morgan fingerprint density at radius 3 is 2.87 bits per heavy atom. The van der Waals surface area contributed by atoms with Crippen LogP contribution in [0.25, 0.3) is 0 Å². The zero-order valence-corrected chi connectivity index (χ0v) is 9.42. The zero-order valence-electron chi connectivity index (χ0n) is 9.42. The van der Waals surface area contributed by atoms with Crippen LogP contribution >= 0.6 is 0 Å². The fraction of sp³-hybridized carbons (Fsp3) is 0.750. The quantitative estimate of drug-likeness (QED) is 0.763. The van der Waals surface area contributed by atoms with E-state index in [4.69, 9.17) is 5.10 Å².